The predicted molar refractivity (Wildman–Crippen MR) is 123 cm³/mol. The van der Waals surface area contributed by atoms with Crippen LogP contribution in [0.3, 0.4) is 0 Å². The lowest BCUT2D eigenvalue weighted by molar-refractivity contribution is 0.0383. The van der Waals surface area contributed by atoms with E-state index >= 15 is 0 Å². The molecule has 31 heavy (non-hydrogen) atoms. The van der Waals surface area contributed by atoms with Gasteiger partial charge in [-0.1, -0.05) is 13.0 Å². The summed E-state index contributed by atoms with van der Waals surface area (Å²) in [7, 11) is 1.75. The minimum absolute atomic E-state index is 0.214. The molecule has 1 aliphatic carbocycles. The number of hydrogen-bond donors (Lipinski definition) is 0. The number of aryl methyl sites for hydroxylation is 1. The van der Waals surface area contributed by atoms with Gasteiger partial charge in [-0.15, -0.1) is 0 Å². The van der Waals surface area contributed by atoms with E-state index in [0.29, 0.717) is 25.2 Å². The maximum Gasteiger partial charge on any atom is 0.320 e. The van der Waals surface area contributed by atoms with Crippen molar-refractivity contribution in [1.29, 1.82) is 0 Å². The van der Waals surface area contributed by atoms with Crippen molar-refractivity contribution < 1.29 is 14.3 Å². The zero-order chi connectivity index (χ0) is 21.6. The number of methoxy groups -OCH3 is 1. The quantitative estimate of drug-likeness (QED) is 0.695. The van der Waals surface area contributed by atoms with E-state index in [4.69, 9.17) is 9.47 Å². The summed E-state index contributed by atoms with van der Waals surface area (Å²) in [5, 5.41) is 0. The summed E-state index contributed by atoms with van der Waals surface area (Å²) in [4.78, 5) is 19.5. The average molecular weight is 430 g/mol. The van der Waals surface area contributed by atoms with Crippen LogP contribution in [-0.2, 0) is 17.6 Å². The van der Waals surface area contributed by atoms with Gasteiger partial charge in [-0.2, -0.15) is 0 Å². The van der Waals surface area contributed by atoms with Gasteiger partial charge < -0.3 is 19.3 Å². The SMILES string of the molecule is CCCN(CC1CCN(C(=O)N2CCOCC2)CC1)C1CCc2cc(OC)ccc2C1. The topological polar surface area (TPSA) is 45.2 Å². The molecule has 0 bridgehead atoms. The summed E-state index contributed by atoms with van der Waals surface area (Å²) in [6.45, 7) is 9.24. The van der Waals surface area contributed by atoms with Crippen LogP contribution in [0.1, 0.15) is 43.7 Å². The van der Waals surface area contributed by atoms with E-state index in [1.54, 1.807) is 7.11 Å². The lowest BCUT2D eigenvalue weighted by atomic mass is 9.86. The van der Waals surface area contributed by atoms with Crippen molar-refractivity contribution in [2.45, 2.75) is 51.5 Å². The fourth-order valence-corrected chi connectivity index (χ4v) is 5.45. The summed E-state index contributed by atoms with van der Waals surface area (Å²) < 4.78 is 10.8. The Hall–Kier alpha value is -1.79. The van der Waals surface area contributed by atoms with E-state index in [-0.39, 0.29) is 6.03 Å². The fraction of sp³-hybridized carbons (Fsp3) is 0.720. The van der Waals surface area contributed by atoms with Crippen molar-refractivity contribution in [2.75, 3.05) is 59.6 Å². The molecule has 2 fully saturated rings. The standard InChI is InChI=1S/C25H39N3O3/c1-3-10-28(23-6-4-22-18-24(30-2)7-5-21(22)17-23)19-20-8-11-26(12-9-20)25(29)27-13-15-31-16-14-27/h5,7,18,20,23H,3-4,6,8-17,19H2,1-2H3. The Bertz CT molecular complexity index is 727. The van der Waals surface area contributed by atoms with Gasteiger partial charge in [-0.25, -0.2) is 4.79 Å². The van der Waals surface area contributed by atoms with Gasteiger partial charge in [0.15, 0.2) is 0 Å². The first-order valence-electron chi connectivity index (χ1n) is 12.2. The highest BCUT2D eigenvalue weighted by Gasteiger charge is 2.30. The zero-order valence-electron chi connectivity index (χ0n) is 19.4. The maximum absolute atomic E-state index is 12.8. The first-order valence-corrected chi connectivity index (χ1v) is 12.2. The van der Waals surface area contributed by atoms with Crippen LogP contribution in [-0.4, -0.2) is 86.4 Å². The third-order valence-corrected chi connectivity index (χ3v) is 7.30. The molecule has 0 spiro atoms. The Kier molecular flexibility index (Phi) is 7.72. The second kappa shape index (κ2) is 10.7. The molecule has 0 aromatic heterocycles. The second-order valence-electron chi connectivity index (χ2n) is 9.34. The first kappa shape index (κ1) is 22.4. The summed E-state index contributed by atoms with van der Waals surface area (Å²) in [5.74, 6) is 1.67. The van der Waals surface area contributed by atoms with Gasteiger partial charge in [0.2, 0.25) is 0 Å². The number of piperidine rings is 1. The molecule has 0 N–H and O–H groups in total. The van der Waals surface area contributed by atoms with Crippen molar-refractivity contribution in [1.82, 2.24) is 14.7 Å². The van der Waals surface area contributed by atoms with Crippen LogP contribution in [0.25, 0.3) is 0 Å². The number of nitrogens with zero attached hydrogens (tertiary/aromatic N) is 3. The third-order valence-electron chi connectivity index (χ3n) is 7.30. The molecular formula is C25H39N3O3. The Balaban J connectivity index is 1.30. The van der Waals surface area contributed by atoms with Crippen LogP contribution in [0.5, 0.6) is 5.75 Å². The highest BCUT2D eigenvalue weighted by molar-refractivity contribution is 5.74. The van der Waals surface area contributed by atoms with E-state index in [9.17, 15) is 4.79 Å². The molecule has 1 aromatic rings. The molecule has 1 atom stereocenters. The number of rotatable bonds is 6. The van der Waals surface area contributed by atoms with Crippen molar-refractivity contribution >= 4 is 6.03 Å². The molecule has 0 saturated carbocycles. The number of morpholine rings is 1. The van der Waals surface area contributed by atoms with Gasteiger partial charge in [0.05, 0.1) is 20.3 Å². The largest absolute Gasteiger partial charge is 0.497 e. The number of urea groups is 1. The number of hydrogen-bond acceptors (Lipinski definition) is 4. The van der Waals surface area contributed by atoms with Crippen LogP contribution in [0.15, 0.2) is 18.2 Å². The highest BCUT2D eigenvalue weighted by atomic mass is 16.5. The minimum Gasteiger partial charge on any atom is -0.497 e. The van der Waals surface area contributed by atoms with E-state index in [0.717, 1.165) is 57.6 Å². The van der Waals surface area contributed by atoms with E-state index in [2.05, 4.69) is 34.9 Å². The lowest BCUT2D eigenvalue weighted by Crippen LogP contribution is -2.51. The predicted octanol–water partition coefficient (Wildman–Crippen LogP) is 3.43. The molecule has 172 valence electrons. The normalized spacial score (nSPS) is 22.5. The molecule has 2 saturated heterocycles. The molecule has 2 heterocycles. The number of likely N-dealkylation sites (tertiary alicyclic amines) is 1. The van der Waals surface area contributed by atoms with E-state index in [1.165, 1.54) is 37.1 Å². The van der Waals surface area contributed by atoms with Gasteiger partial charge >= 0.3 is 6.03 Å². The lowest BCUT2D eigenvalue weighted by Gasteiger charge is -2.41. The van der Waals surface area contributed by atoms with Gasteiger partial charge in [0.1, 0.15) is 5.75 Å². The van der Waals surface area contributed by atoms with E-state index in [1.807, 2.05) is 4.90 Å². The number of amides is 2. The van der Waals surface area contributed by atoms with Crippen molar-refractivity contribution in [3.63, 3.8) is 0 Å². The number of benzene rings is 1. The van der Waals surface area contributed by atoms with Crippen LogP contribution < -0.4 is 4.74 Å². The maximum atomic E-state index is 12.8. The fourth-order valence-electron chi connectivity index (χ4n) is 5.45. The molecule has 3 aliphatic rings. The molecule has 2 amide bonds. The molecule has 0 radical (unpaired) electrons. The van der Waals surface area contributed by atoms with Crippen molar-refractivity contribution in [3.8, 4) is 5.75 Å². The zero-order valence-corrected chi connectivity index (χ0v) is 19.4. The van der Waals surface area contributed by atoms with Gasteiger partial charge in [0.25, 0.3) is 0 Å². The molecule has 1 aromatic carbocycles. The number of fused-ring (bicyclic) bond motifs is 1. The summed E-state index contributed by atoms with van der Waals surface area (Å²) in [6, 6.07) is 7.43. The van der Waals surface area contributed by atoms with Crippen LogP contribution in [0, 0.1) is 5.92 Å². The monoisotopic (exact) mass is 429 g/mol. The number of carbonyl (C=O) groups excluding carboxylic acids is 1. The van der Waals surface area contributed by atoms with Crippen LogP contribution >= 0.6 is 0 Å². The van der Waals surface area contributed by atoms with Gasteiger partial charge in [-0.05, 0) is 74.2 Å². The summed E-state index contributed by atoms with van der Waals surface area (Å²) >= 11 is 0. The van der Waals surface area contributed by atoms with Gasteiger partial charge in [-0.3, -0.25) is 4.90 Å². The van der Waals surface area contributed by atoms with Crippen molar-refractivity contribution in [2.24, 2.45) is 5.92 Å². The minimum atomic E-state index is 0.214. The van der Waals surface area contributed by atoms with Crippen LogP contribution in [0.2, 0.25) is 0 Å². The summed E-state index contributed by atoms with van der Waals surface area (Å²) in [6.07, 6.45) is 6.96. The summed E-state index contributed by atoms with van der Waals surface area (Å²) in [5.41, 5.74) is 2.95. The number of carbonyl (C=O) groups is 1. The molecule has 6 nitrogen and oxygen atoms in total. The first-order chi connectivity index (χ1) is 15.2. The highest BCUT2D eigenvalue weighted by Crippen LogP contribution is 2.29. The molecule has 1 unspecified atom stereocenters. The third kappa shape index (κ3) is 5.53. The van der Waals surface area contributed by atoms with Crippen LogP contribution in [0.4, 0.5) is 4.79 Å². The molecule has 6 heteroatoms. The Morgan fingerprint density at radius 2 is 1.84 bits per heavy atom. The van der Waals surface area contributed by atoms with Gasteiger partial charge in [0, 0.05) is 38.8 Å². The number of ether oxygens (including phenoxy) is 2. The van der Waals surface area contributed by atoms with Crippen molar-refractivity contribution in [3.05, 3.63) is 29.3 Å². The van der Waals surface area contributed by atoms with E-state index < -0.39 is 0 Å². The smallest absolute Gasteiger partial charge is 0.320 e. The molecule has 4 rings (SSSR count). The molecule has 2 aliphatic heterocycles. The Morgan fingerprint density at radius 1 is 1.10 bits per heavy atom. The Morgan fingerprint density at radius 3 is 2.55 bits per heavy atom. The Labute approximate surface area is 187 Å². The second-order valence-corrected chi connectivity index (χ2v) is 9.34. The molecular weight excluding hydrogens is 390 g/mol. The average Bonchev–Trinajstić information content (AvgIpc) is 2.83.